The molecular weight excluding hydrogens is 296 g/mol. The van der Waals surface area contributed by atoms with Gasteiger partial charge in [0.2, 0.25) is 0 Å². The molecule has 5 heteroatoms. The van der Waals surface area contributed by atoms with Crippen LogP contribution in [0.5, 0.6) is 0 Å². The molecular formula is C17H38O4Si. The van der Waals surface area contributed by atoms with E-state index in [-0.39, 0.29) is 17.7 Å². The van der Waals surface area contributed by atoms with E-state index in [1.165, 1.54) is 0 Å². The highest BCUT2D eigenvalue weighted by Gasteiger charge is 2.38. The van der Waals surface area contributed by atoms with E-state index in [1.54, 1.807) is 7.11 Å². The summed E-state index contributed by atoms with van der Waals surface area (Å²) in [4.78, 5) is 0. The zero-order valence-corrected chi connectivity index (χ0v) is 16.9. The van der Waals surface area contributed by atoms with Crippen LogP contribution in [0.3, 0.4) is 0 Å². The average molecular weight is 335 g/mol. The van der Waals surface area contributed by atoms with Crippen LogP contribution in [-0.2, 0) is 13.9 Å². The van der Waals surface area contributed by atoms with E-state index in [4.69, 9.17) is 19.0 Å². The summed E-state index contributed by atoms with van der Waals surface area (Å²) in [7, 11) is -0.0867. The molecule has 0 unspecified atom stereocenters. The van der Waals surface area contributed by atoms with Gasteiger partial charge in [-0.2, -0.15) is 0 Å². The van der Waals surface area contributed by atoms with Crippen molar-refractivity contribution in [1.82, 2.24) is 0 Å². The minimum atomic E-state index is -1.73. The standard InChI is InChI=1S/C17H38O4Si/c1-14(10-9-11-18)16(20-13-19-6)15(2)12-21-22(7,8)17(3,4)5/h14-16,18H,9-13H2,1-8H3/t14-,15-,16-/m1/s1. The fourth-order valence-corrected chi connectivity index (χ4v) is 3.38. The molecule has 0 bridgehead atoms. The number of hydrogen-bond donors (Lipinski definition) is 1. The van der Waals surface area contributed by atoms with E-state index in [2.05, 4.69) is 47.7 Å². The van der Waals surface area contributed by atoms with E-state index < -0.39 is 8.32 Å². The highest BCUT2D eigenvalue weighted by Crippen LogP contribution is 2.37. The number of methoxy groups -OCH3 is 1. The summed E-state index contributed by atoms with van der Waals surface area (Å²) in [5.74, 6) is 0.679. The predicted molar refractivity (Wildman–Crippen MR) is 94.5 cm³/mol. The minimum Gasteiger partial charge on any atom is -0.416 e. The molecule has 0 heterocycles. The highest BCUT2D eigenvalue weighted by molar-refractivity contribution is 6.74. The van der Waals surface area contributed by atoms with Gasteiger partial charge in [-0.3, -0.25) is 0 Å². The Morgan fingerprint density at radius 1 is 1.09 bits per heavy atom. The molecule has 0 aliphatic heterocycles. The van der Waals surface area contributed by atoms with Crippen molar-refractivity contribution in [3.8, 4) is 0 Å². The molecule has 0 fully saturated rings. The lowest BCUT2D eigenvalue weighted by Gasteiger charge is -2.38. The van der Waals surface area contributed by atoms with Gasteiger partial charge in [-0.25, -0.2) is 0 Å². The molecule has 134 valence electrons. The fourth-order valence-electron chi connectivity index (χ4n) is 2.26. The Balaban J connectivity index is 4.65. The number of aliphatic hydroxyl groups excluding tert-OH is 1. The zero-order chi connectivity index (χ0) is 17.4. The first-order valence-corrected chi connectivity index (χ1v) is 11.3. The number of aliphatic hydroxyl groups is 1. The van der Waals surface area contributed by atoms with Gasteiger partial charge in [0, 0.05) is 26.2 Å². The normalized spacial score (nSPS) is 17.3. The van der Waals surface area contributed by atoms with Crippen molar-refractivity contribution in [3.63, 3.8) is 0 Å². The Morgan fingerprint density at radius 3 is 2.14 bits per heavy atom. The van der Waals surface area contributed by atoms with E-state index in [0.717, 1.165) is 12.8 Å². The number of hydrogen-bond acceptors (Lipinski definition) is 4. The first-order valence-electron chi connectivity index (χ1n) is 8.42. The van der Waals surface area contributed by atoms with Crippen molar-refractivity contribution >= 4 is 8.32 Å². The van der Waals surface area contributed by atoms with Crippen LogP contribution in [0.1, 0.15) is 47.5 Å². The largest absolute Gasteiger partial charge is 0.416 e. The highest BCUT2D eigenvalue weighted by atomic mass is 28.4. The van der Waals surface area contributed by atoms with Crippen LogP contribution in [0.4, 0.5) is 0 Å². The Labute approximate surface area is 138 Å². The summed E-state index contributed by atoms with van der Waals surface area (Å²) in [5, 5.41) is 9.25. The van der Waals surface area contributed by atoms with E-state index in [1.807, 2.05) is 0 Å². The second kappa shape index (κ2) is 10.0. The second-order valence-corrected chi connectivity index (χ2v) is 12.7. The molecule has 3 atom stereocenters. The molecule has 0 aromatic carbocycles. The third-order valence-electron chi connectivity index (χ3n) is 4.83. The van der Waals surface area contributed by atoms with Gasteiger partial charge >= 0.3 is 0 Å². The molecule has 1 N–H and O–H groups in total. The van der Waals surface area contributed by atoms with Gasteiger partial charge in [-0.15, -0.1) is 0 Å². The van der Waals surface area contributed by atoms with E-state index in [0.29, 0.717) is 25.2 Å². The average Bonchev–Trinajstić information content (AvgIpc) is 2.42. The summed E-state index contributed by atoms with van der Waals surface area (Å²) in [6.07, 6.45) is 1.86. The fraction of sp³-hybridized carbons (Fsp3) is 1.00. The lowest BCUT2D eigenvalue weighted by Crippen LogP contribution is -2.43. The van der Waals surface area contributed by atoms with Crippen LogP contribution >= 0.6 is 0 Å². The monoisotopic (exact) mass is 334 g/mol. The molecule has 0 rings (SSSR count). The van der Waals surface area contributed by atoms with Crippen LogP contribution in [0.15, 0.2) is 0 Å². The molecule has 4 nitrogen and oxygen atoms in total. The minimum absolute atomic E-state index is 0.0938. The Hall–Kier alpha value is 0.0569. The predicted octanol–water partition coefficient (Wildman–Crippen LogP) is 4.04. The first kappa shape index (κ1) is 22.1. The zero-order valence-electron chi connectivity index (χ0n) is 15.9. The van der Waals surface area contributed by atoms with Gasteiger partial charge in [0.05, 0.1) is 6.10 Å². The maximum absolute atomic E-state index is 9.03. The Bertz CT molecular complexity index is 289. The van der Waals surface area contributed by atoms with Crippen molar-refractivity contribution in [3.05, 3.63) is 0 Å². The van der Waals surface area contributed by atoms with Gasteiger partial charge in [-0.05, 0) is 36.9 Å². The maximum Gasteiger partial charge on any atom is 0.191 e. The SMILES string of the molecule is COCO[C@H]([C@H](C)CCCO)[C@H](C)CO[Si](C)(C)C(C)(C)C. The number of rotatable bonds is 11. The molecule has 0 saturated heterocycles. The molecule has 0 aromatic heterocycles. The first-order chi connectivity index (χ1) is 10.1. The van der Waals surface area contributed by atoms with Gasteiger partial charge in [0.1, 0.15) is 6.79 Å². The topological polar surface area (TPSA) is 47.9 Å². The summed E-state index contributed by atoms with van der Waals surface area (Å²) in [6.45, 7) is 16.9. The third kappa shape index (κ3) is 7.55. The van der Waals surface area contributed by atoms with Crippen molar-refractivity contribution in [2.24, 2.45) is 11.8 Å². The van der Waals surface area contributed by atoms with Crippen molar-refractivity contribution in [2.75, 3.05) is 27.1 Å². The van der Waals surface area contributed by atoms with Crippen molar-refractivity contribution < 1.29 is 19.0 Å². The van der Waals surface area contributed by atoms with Crippen LogP contribution in [-0.4, -0.2) is 46.6 Å². The van der Waals surface area contributed by atoms with Crippen LogP contribution < -0.4 is 0 Å². The maximum atomic E-state index is 9.03. The lowest BCUT2D eigenvalue weighted by atomic mass is 9.90. The van der Waals surface area contributed by atoms with Crippen LogP contribution in [0.25, 0.3) is 0 Å². The second-order valence-electron chi connectivity index (χ2n) is 7.93. The molecule has 0 radical (unpaired) electrons. The smallest absolute Gasteiger partial charge is 0.191 e. The summed E-state index contributed by atoms with van der Waals surface area (Å²) >= 11 is 0. The Kier molecular flexibility index (Phi) is 10.1. The van der Waals surface area contributed by atoms with Gasteiger partial charge in [-0.1, -0.05) is 34.6 Å². The third-order valence-corrected chi connectivity index (χ3v) is 9.33. The molecule has 0 aromatic rings. The molecule has 0 saturated carbocycles. The van der Waals surface area contributed by atoms with E-state index >= 15 is 0 Å². The van der Waals surface area contributed by atoms with Gasteiger partial charge in [0.25, 0.3) is 0 Å². The lowest BCUT2D eigenvalue weighted by molar-refractivity contribution is -0.114. The Morgan fingerprint density at radius 2 is 1.68 bits per heavy atom. The van der Waals surface area contributed by atoms with Crippen LogP contribution in [0, 0.1) is 11.8 Å². The van der Waals surface area contributed by atoms with Gasteiger partial charge in [0.15, 0.2) is 8.32 Å². The molecule has 0 amide bonds. The van der Waals surface area contributed by atoms with Crippen molar-refractivity contribution in [2.45, 2.75) is 71.7 Å². The van der Waals surface area contributed by atoms with E-state index in [9.17, 15) is 0 Å². The van der Waals surface area contributed by atoms with Gasteiger partial charge < -0.3 is 19.0 Å². The molecule has 0 aliphatic rings. The quantitative estimate of drug-likeness (QED) is 0.457. The van der Waals surface area contributed by atoms with Crippen molar-refractivity contribution in [1.29, 1.82) is 0 Å². The molecule has 0 spiro atoms. The summed E-state index contributed by atoms with van der Waals surface area (Å²) < 4.78 is 17.3. The summed E-state index contributed by atoms with van der Waals surface area (Å²) in [6, 6.07) is 0. The molecule has 0 aliphatic carbocycles. The molecule has 22 heavy (non-hydrogen) atoms. The summed E-state index contributed by atoms with van der Waals surface area (Å²) in [5.41, 5.74) is 0. The van der Waals surface area contributed by atoms with Crippen LogP contribution in [0.2, 0.25) is 18.1 Å². The number of ether oxygens (including phenoxy) is 2.